The summed E-state index contributed by atoms with van der Waals surface area (Å²) < 4.78 is 0. The number of carbonyl (C=O) groups is 1. The highest BCUT2D eigenvalue weighted by Gasteiger charge is 2.08. The van der Waals surface area contributed by atoms with Gasteiger partial charge in [-0.05, 0) is 36.4 Å². The first-order valence-electron chi connectivity index (χ1n) is 6.26. The first kappa shape index (κ1) is 13.3. The number of benzene rings is 2. The van der Waals surface area contributed by atoms with Crippen molar-refractivity contribution in [2.24, 2.45) is 0 Å². The lowest BCUT2D eigenvalue weighted by Gasteiger charge is -2.08. The van der Waals surface area contributed by atoms with Gasteiger partial charge in [-0.3, -0.25) is 20.6 Å². The summed E-state index contributed by atoms with van der Waals surface area (Å²) >= 11 is 5.79. The molecule has 5 nitrogen and oxygen atoms in total. The number of para-hydroxylation sites is 2. The normalized spacial score (nSPS) is 10.3. The van der Waals surface area contributed by atoms with Crippen LogP contribution in [0.1, 0.15) is 10.5 Å². The van der Waals surface area contributed by atoms with Gasteiger partial charge in [0, 0.05) is 5.02 Å². The smallest absolute Gasteiger partial charge is 0.289 e. The number of fused-ring (bicyclic) bond motifs is 1. The van der Waals surface area contributed by atoms with Crippen molar-refractivity contribution in [2.75, 3.05) is 5.43 Å². The van der Waals surface area contributed by atoms with Gasteiger partial charge in [0.25, 0.3) is 5.91 Å². The summed E-state index contributed by atoms with van der Waals surface area (Å²) in [5.74, 6) is -0.358. The van der Waals surface area contributed by atoms with E-state index < -0.39 is 0 Å². The molecule has 6 heteroatoms. The Bertz CT molecular complexity index is 789. The molecule has 1 amide bonds. The molecule has 2 N–H and O–H groups in total. The lowest BCUT2D eigenvalue weighted by Crippen LogP contribution is -2.30. The molecule has 0 radical (unpaired) electrons. The average molecular weight is 299 g/mol. The summed E-state index contributed by atoms with van der Waals surface area (Å²) in [5, 5.41) is 0.632. The van der Waals surface area contributed by atoms with E-state index in [-0.39, 0.29) is 11.6 Å². The molecule has 0 aliphatic rings. The standard InChI is InChI=1S/C15H11ClN4O/c16-10-5-7-11(8-6-10)19-20-15(21)14-9-17-12-3-1-2-4-13(12)18-14/h1-9,19H,(H,20,21). The van der Waals surface area contributed by atoms with Gasteiger partial charge >= 0.3 is 0 Å². The van der Waals surface area contributed by atoms with Gasteiger partial charge in [0.05, 0.1) is 22.9 Å². The zero-order valence-electron chi connectivity index (χ0n) is 10.9. The van der Waals surface area contributed by atoms with Crippen LogP contribution in [0.3, 0.4) is 0 Å². The minimum atomic E-state index is -0.358. The molecule has 0 spiro atoms. The van der Waals surface area contributed by atoms with Crippen molar-refractivity contribution in [2.45, 2.75) is 0 Å². The van der Waals surface area contributed by atoms with Crippen LogP contribution in [-0.2, 0) is 0 Å². The number of carbonyl (C=O) groups excluding carboxylic acids is 1. The van der Waals surface area contributed by atoms with Gasteiger partial charge < -0.3 is 0 Å². The zero-order valence-corrected chi connectivity index (χ0v) is 11.6. The number of anilines is 1. The molecular weight excluding hydrogens is 288 g/mol. The van der Waals surface area contributed by atoms with Gasteiger partial charge in [0.2, 0.25) is 0 Å². The Morgan fingerprint density at radius 3 is 2.48 bits per heavy atom. The fourth-order valence-electron chi connectivity index (χ4n) is 1.79. The molecule has 1 aromatic heterocycles. The van der Waals surface area contributed by atoms with Gasteiger partial charge in [-0.25, -0.2) is 4.98 Å². The Morgan fingerprint density at radius 1 is 1.00 bits per heavy atom. The van der Waals surface area contributed by atoms with Crippen molar-refractivity contribution in [3.8, 4) is 0 Å². The second-order valence-corrected chi connectivity index (χ2v) is 4.77. The Labute approximate surface area is 126 Å². The predicted molar refractivity (Wildman–Crippen MR) is 82.1 cm³/mol. The van der Waals surface area contributed by atoms with E-state index >= 15 is 0 Å². The monoisotopic (exact) mass is 298 g/mol. The quantitative estimate of drug-likeness (QED) is 0.729. The molecular formula is C15H11ClN4O. The van der Waals surface area contributed by atoms with E-state index in [1.54, 1.807) is 24.3 Å². The van der Waals surface area contributed by atoms with Crippen molar-refractivity contribution in [3.05, 3.63) is 65.4 Å². The maximum absolute atomic E-state index is 12.0. The van der Waals surface area contributed by atoms with Gasteiger partial charge in [0.15, 0.2) is 0 Å². The molecule has 3 aromatic rings. The van der Waals surface area contributed by atoms with Crippen molar-refractivity contribution < 1.29 is 4.79 Å². The second kappa shape index (κ2) is 5.76. The van der Waals surface area contributed by atoms with Crippen LogP contribution in [0.4, 0.5) is 5.69 Å². The number of hydrogen-bond acceptors (Lipinski definition) is 4. The van der Waals surface area contributed by atoms with Crippen LogP contribution >= 0.6 is 11.6 Å². The molecule has 2 aromatic carbocycles. The first-order valence-corrected chi connectivity index (χ1v) is 6.64. The molecule has 3 rings (SSSR count). The summed E-state index contributed by atoms with van der Waals surface area (Å²) in [6.07, 6.45) is 1.45. The average Bonchev–Trinajstić information content (AvgIpc) is 2.53. The lowest BCUT2D eigenvalue weighted by molar-refractivity contribution is 0.0957. The van der Waals surface area contributed by atoms with E-state index in [2.05, 4.69) is 20.8 Å². The summed E-state index contributed by atoms with van der Waals surface area (Å²) in [6, 6.07) is 14.4. The van der Waals surface area contributed by atoms with E-state index in [0.717, 1.165) is 11.2 Å². The minimum Gasteiger partial charge on any atom is -0.298 e. The summed E-state index contributed by atoms with van der Waals surface area (Å²) in [6.45, 7) is 0. The Hall–Kier alpha value is -2.66. The van der Waals surface area contributed by atoms with Crippen LogP contribution in [0.5, 0.6) is 0 Å². The van der Waals surface area contributed by atoms with E-state index in [0.29, 0.717) is 10.5 Å². The number of nitrogens with one attached hydrogen (secondary N) is 2. The number of halogens is 1. The van der Waals surface area contributed by atoms with E-state index in [9.17, 15) is 4.79 Å². The van der Waals surface area contributed by atoms with Crippen molar-refractivity contribution in [1.82, 2.24) is 15.4 Å². The van der Waals surface area contributed by atoms with Crippen molar-refractivity contribution in [1.29, 1.82) is 0 Å². The van der Waals surface area contributed by atoms with Crippen LogP contribution in [0.15, 0.2) is 54.7 Å². The topological polar surface area (TPSA) is 66.9 Å². The van der Waals surface area contributed by atoms with E-state index in [1.807, 2.05) is 24.3 Å². The Morgan fingerprint density at radius 2 is 1.71 bits per heavy atom. The largest absolute Gasteiger partial charge is 0.298 e. The zero-order chi connectivity index (χ0) is 14.7. The number of aromatic nitrogens is 2. The van der Waals surface area contributed by atoms with Gasteiger partial charge in [0.1, 0.15) is 5.69 Å². The van der Waals surface area contributed by atoms with Crippen LogP contribution in [0.25, 0.3) is 11.0 Å². The maximum atomic E-state index is 12.0. The van der Waals surface area contributed by atoms with Crippen LogP contribution in [0.2, 0.25) is 5.02 Å². The highest BCUT2D eigenvalue weighted by Crippen LogP contribution is 2.12. The minimum absolute atomic E-state index is 0.246. The number of nitrogens with zero attached hydrogens (tertiary/aromatic N) is 2. The number of hydrazine groups is 1. The molecule has 21 heavy (non-hydrogen) atoms. The lowest BCUT2D eigenvalue weighted by atomic mass is 10.3. The summed E-state index contributed by atoms with van der Waals surface area (Å²) in [4.78, 5) is 20.5. The van der Waals surface area contributed by atoms with Gasteiger partial charge in [-0.2, -0.15) is 0 Å². The number of hydrogen-bond donors (Lipinski definition) is 2. The molecule has 0 saturated carbocycles. The highest BCUT2D eigenvalue weighted by molar-refractivity contribution is 6.30. The predicted octanol–water partition coefficient (Wildman–Crippen LogP) is 3.04. The first-order chi connectivity index (χ1) is 10.2. The van der Waals surface area contributed by atoms with E-state index in [4.69, 9.17) is 11.6 Å². The Kier molecular flexibility index (Phi) is 3.66. The SMILES string of the molecule is O=C(NNc1ccc(Cl)cc1)c1cnc2ccccc2n1. The second-order valence-electron chi connectivity index (χ2n) is 4.33. The van der Waals surface area contributed by atoms with E-state index in [1.165, 1.54) is 6.20 Å². The Balaban J connectivity index is 1.73. The summed E-state index contributed by atoms with van der Waals surface area (Å²) in [5.41, 5.74) is 7.75. The molecule has 0 bridgehead atoms. The summed E-state index contributed by atoms with van der Waals surface area (Å²) in [7, 11) is 0. The third-order valence-electron chi connectivity index (χ3n) is 2.85. The van der Waals surface area contributed by atoms with Gasteiger partial charge in [-0.15, -0.1) is 0 Å². The molecule has 0 unspecified atom stereocenters. The maximum Gasteiger partial charge on any atom is 0.289 e. The molecule has 0 fully saturated rings. The van der Waals surface area contributed by atoms with Crippen LogP contribution in [-0.4, -0.2) is 15.9 Å². The highest BCUT2D eigenvalue weighted by atomic mass is 35.5. The van der Waals surface area contributed by atoms with Crippen molar-refractivity contribution in [3.63, 3.8) is 0 Å². The fraction of sp³-hybridized carbons (Fsp3) is 0. The third kappa shape index (κ3) is 3.09. The van der Waals surface area contributed by atoms with Gasteiger partial charge in [-0.1, -0.05) is 23.7 Å². The molecule has 0 aliphatic carbocycles. The molecule has 0 aliphatic heterocycles. The molecule has 0 atom stereocenters. The molecule has 0 saturated heterocycles. The molecule has 104 valence electrons. The third-order valence-corrected chi connectivity index (χ3v) is 3.10. The van der Waals surface area contributed by atoms with Crippen LogP contribution < -0.4 is 10.9 Å². The van der Waals surface area contributed by atoms with Crippen molar-refractivity contribution >= 4 is 34.2 Å². The fourth-order valence-corrected chi connectivity index (χ4v) is 1.92. The number of rotatable bonds is 3. The number of amides is 1. The molecule has 1 heterocycles. The van der Waals surface area contributed by atoms with Crippen LogP contribution in [0, 0.1) is 0 Å².